The molecule has 0 unspecified atom stereocenters. The van der Waals surface area contributed by atoms with Gasteiger partial charge in [-0.15, -0.1) is 0 Å². The second-order valence-corrected chi connectivity index (χ2v) is 4.03. The van der Waals surface area contributed by atoms with Crippen molar-refractivity contribution in [1.82, 2.24) is 0 Å². The minimum atomic E-state index is -1.16. The summed E-state index contributed by atoms with van der Waals surface area (Å²) in [5, 5.41) is 10.1. The molecule has 1 aliphatic rings. The Labute approximate surface area is 92.2 Å². The SMILES string of the molecule is N[C@@]1(c2ccccc2Cl)CC(=O)C=C1O. The van der Waals surface area contributed by atoms with Crippen molar-refractivity contribution in [3.05, 3.63) is 46.7 Å². The third kappa shape index (κ3) is 1.54. The van der Waals surface area contributed by atoms with E-state index in [1.165, 1.54) is 0 Å². The summed E-state index contributed by atoms with van der Waals surface area (Å²) in [5.41, 5.74) is 5.41. The number of benzene rings is 1. The second kappa shape index (κ2) is 3.36. The van der Waals surface area contributed by atoms with Crippen LogP contribution in [0, 0.1) is 0 Å². The van der Waals surface area contributed by atoms with Crippen molar-refractivity contribution in [3.8, 4) is 0 Å². The third-order valence-corrected chi connectivity index (χ3v) is 2.89. The van der Waals surface area contributed by atoms with E-state index in [1.54, 1.807) is 24.3 Å². The summed E-state index contributed by atoms with van der Waals surface area (Å²) >= 11 is 5.98. The van der Waals surface area contributed by atoms with Gasteiger partial charge in [0.2, 0.25) is 0 Å². The Kier molecular flexibility index (Phi) is 2.29. The molecule has 1 aromatic rings. The second-order valence-electron chi connectivity index (χ2n) is 3.62. The minimum Gasteiger partial charge on any atom is -0.510 e. The van der Waals surface area contributed by atoms with Gasteiger partial charge in [-0.2, -0.15) is 0 Å². The molecule has 15 heavy (non-hydrogen) atoms. The van der Waals surface area contributed by atoms with Crippen LogP contribution in [-0.2, 0) is 10.3 Å². The average molecular weight is 224 g/mol. The van der Waals surface area contributed by atoms with Crippen LogP contribution >= 0.6 is 11.6 Å². The zero-order valence-electron chi connectivity index (χ0n) is 7.90. The van der Waals surface area contributed by atoms with Crippen LogP contribution < -0.4 is 5.73 Å². The largest absolute Gasteiger partial charge is 0.510 e. The lowest BCUT2D eigenvalue weighted by Gasteiger charge is -2.25. The van der Waals surface area contributed by atoms with Gasteiger partial charge in [0, 0.05) is 17.5 Å². The molecule has 0 spiro atoms. The van der Waals surface area contributed by atoms with E-state index < -0.39 is 5.54 Å². The quantitative estimate of drug-likeness (QED) is 0.765. The molecule has 0 heterocycles. The van der Waals surface area contributed by atoms with Gasteiger partial charge < -0.3 is 10.8 Å². The number of rotatable bonds is 1. The molecule has 1 atom stereocenters. The maximum Gasteiger partial charge on any atom is 0.161 e. The molecule has 0 aromatic heterocycles. The van der Waals surface area contributed by atoms with Crippen LogP contribution in [0.4, 0.5) is 0 Å². The van der Waals surface area contributed by atoms with Gasteiger partial charge in [0.05, 0.1) is 0 Å². The van der Waals surface area contributed by atoms with Gasteiger partial charge in [-0.1, -0.05) is 29.8 Å². The molecule has 1 aliphatic carbocycles. The van der Waals surface area contributed by atoms with Crippen LogP contribution in [0.5, 0.6) is 0 Å². The fourth-order valence-electron chi connectivity index (χ4n) is 1.75. The maximum atomic E-state index is 11.2. The maximum absolute atomic E-state index is 11.2. The number of ketones is 1. The average Bonchev–Trinajstić information content (AvgIpc) is 2.42. The molecule has 0 radical (unpaired) electrons. The van der Waals surface area contributed by atoms with Gasteiger partial charge >= 0.3 is 0 Å². The highest BCUT2D eigenvalue weighted by molar-refractivity contribution is 6.31. The standard InChI is InChI=1S/C11H10ClNO2/c12-9-4-2-1-3-8(9)11(13)6-7(14)5-10(11)15/h1-5,15H,6,13H2/t11-/m1/s1. The molecule has 78 valence electrons. The van der Waals surface area contributed by atoms with E-state index in [2.05, 4.69) is 0 Å². The van der Waals surface area contributed by atoms with Crippen molar-refractivity contribution in [2.24, 2.45) is 5.73 Å². The first kappa shape index (κ1) is 10.2. The Morgan fingerprint density at radius 3 is 2.60 bits per heavy atom. The number of aliphatic hydroxyl groups is 1. The Morgan fingerprint density at radius 1 is 1.40 bits per heavy atom. The fourth-order valence-corrected chi connectivity index (χ4v) is 2.06. The van der Waals surface area contributed by atoms with E-state index in [1.807, 2.05) is 0 Å². The lowest BCUT2D eigenvalue weighted by atomic mass is 9.89. The number of allylic oxidation sites excluding steroid dienone is 1. The number of nitrogens with two attached hydrogens (primary N) is 1. The van der Waals surface area contributed by atoms with Gasteiger partial charge in [-0.05, 0) is 11.6 Å². The number of carbonyl (C=O) groups is 1. The fraction of sp³-hybridized carbons (Fsp3) is 0.182. The van der Waals surface area contributed by atoms with Crippen LogP contribution in [0.15, 0.2) is 36.1 Å². The van der Waals surface area contributed by atoms with Gasteiger partial charge in [-0.3, -0.25) is 4.79 Å². The molecule has 0 amide bonds. The lowest BCUT2D eigenvalue weighted by Crippen LogP contribution is -2.37. The predicted octanol–water partition coefficient (Wildman–Crippen LogP) is 1.91. The highest BCUT2D eigenvalue weighted by Gasteiger charge is 2.40. The summed E-state index contributed by atoms with van der Waals surface area (Å²) in [6.45, 7) is 0. The van der Waals surface area contributed by atoms with E-state index in [0.29, 0.717) is 10.6 Å². The summed E-state index contributed by atoms with van der Waals surface area (Å²) in [6.07, 6.45) is 1.21. The molecule has 0 aliphatic heterocycles. The molecule has 3 N–H and O–H groups in total. The topological polar surface area (TPSA) is 63.3 Å². The van der Waals surface area contributed by atoms with Crippen LogP contribution in [-0.4, -0.2) is 10.9 Å². The lowest BCUT2D eigenvalue weighted by molar-refractivity contribution is -0.114. The zero-order valence-corrected chi connectivity index (χ0v) is 8.66. The summed E-state index contributed by atoms with van der Waals surface area (Å²) in [5.74, 6) is -0.310. The van der Waals surface area contributed by atoms with Gasteiger partial charge in [0.15, 0.2) is 5.78 Å². The number of hydrogen-bond acceptors (Lipinski definition) is 3. The zero-order chi connectivity index (χ0) is 11.1. The van der Waals surface area contributed by atoms with Crippen LogP contribution in [0.1, 0.15) is 12.0 Å². The summed E-state index contributed by atoms with van der Waals surface area (Å²) in [6, 6.07) is 6.94. The summed E-state index contributed by atoms with van der Waals surface area (Å²) < 4.78 is 0. The highest BCUT2D eigenvalue weighted by Crippen LogP contribution is 2.37. The van der Waals surface area contributed by atoms with Gasteiger partial charge in [0.1, 0.15) is 11.3 Å². The van der Waals surface area contributed by atoms with Crippen LogP contribution in [0.3, 0.4) is 0 Å². The predicted molar refractivity (Wildman–Crippen MR) is 57.7 cm³/mol. The van der Waals surface area contributed by atoms with E-state index in [-0.39, 0.29) is 18.0 Å². The molecular weight excluding hydrogens is 214 g/mol. The molecular formula is C11H10ClNO2. The summed E-state index contributed by atoms with van der Waals surface area (Å²) in [4.78, 5) is 11.2. The van der Waals surface area contributed by atoms with Crippen molar-refractivity contribution in [2.75, 3.05) is 0 Å². The monoisotopic (exact) mass is 223 g/mol. The van der Waals surface area contributed by atoms with E-state index >= 15 is 0 Å². The molecule has 0 fully saturated rings. The molecule has 0 saturated carbocycles. The number of hydrogen-bond donors (Lipinski definition) is 2. The van der Waals surface area contributed by atoms with Crippen molar-refractivity contribution in [2.45, 2.75) is 12.0 Å². The van der Waals surface area contributed by atoms with Crippen molar-refractivity contribution >= 4 is 17.4 Å². The minimum absolute atomic E-state index is 0.0581. The Balaban J connectivity index is 2.53. The van der Waals surface area contributed by atoms with Crippen molar-refractivity contribution in [3.63, 3.8) is 0 Å². The summed E-state index contributed by atoms with van der Waals surface area (Å²) in [7, 11) is 0. The van der Waals surface area contributed by atoms with Crippen molar-refractivity contribution < 1.29 is 9.90 Å². The number of aliphatic hydroxyl groups excluding tert-OH is 1. The first-order valence-corrected chi connectivity index (χ1v) is 4.90. The van der Waals surface area contributed by atoms with E-state index in [0.717, 1.165) is 6.08 Å². The van der Waals surface area contributed by atoms with Gasteiger partial charge in [0.25, 0.3) is 0 Å². The smallest absolute Gasteiger partial charge is 0.161 e. The Bertz CT molecular complexity index is 456. The third-order valence-electron chi connectivity index (χ3n) is 2.56. The molecule has 0 saturated heterocycles. The first-order valence-electron chi connectivity index (χ1n) is 4.52. The van der Waals surface area contributed by atoms with Crippen LogP contribution in [0.25, 0.3) is 0 Å². The molecule has 4 heteroatoms. The number of halogens is 1. The van der Waals surface area contributed by atoms with Crippen molar-refractivity contribution in [1.29, 1.82) is 0 Å². The van der Waals surface area contributed by atoms with Gasteiger partial charge in [-0.25, -0.2) is 0 Å². The van der Waals surface area contributed by atoms with E-state index in [9.17, 15) is 9.90 Å². The highest BCUT2D eigenvalue weighted by atomic mass is 35.5. The molecule has 2 rings (SSSR count). The first-order chi connectivity index (χ1) is 7.04. The Hall–Kier alpha value is -1.32. The molecule has 3 nitrogen and oxygen atoms in total. The number of carbonyl (C=O) groups excluding carboxylic acids is 1. The Morgan fingerprint density at radius 2 is 2.07 bits per heavy atom. The van der Waals surface area contributed by atoms with Crippen LogP contribution in [0.2, 0.25) is 5.02 Å². The normalized spacial score (nSPS) is 25.5. The molecule has 0 bridgehead atoms. The molecule has 1 aromatic carbocycles. The van der Waals surface area contributed by atoms with E-state index in [4.69, 9.17) is 17.3 Å².